The molecular formula is C25H22N8O3. The summed E-state index contributed by atoms with van der Waals surface area (Å²) in [6.45, 7) is 1.98. The number of imidazole rings is 1. The maximum atomic E-state index is 12.8. The van der Waals surface area contributed by atoms with E-state index in [0.717, 1.165) is 11.3 Å². The molecule has 3 heterocycles. The predicted octanol–water partition coefficient (Wildman–Crippen LogP) is 3.95. The number of urea groups is 1. The number of carbonyl (C=O) groups is 2. The molecule has 0 saturated carbocycles. The second kappa shape index (κ2) is 9.14. The average Bonchev–Trinajstić information content (AvgIpc) is 3.59. The van der Waals surface area contributed by atoms with Crippen molar-refractivity contribution in [3.63, 3.8) is 0 Å². The average molecular weight is 483 g/mol. The third-order valence-electron chi connectivity index (χ3n) is 5.41. The molecule has 0 bridgehead atoms. The van der Waals surface area contributed by atoms with Gasteiger partial charge in [0.25, 0.3) is 5.91 Å². The molecule has 0 aliphatic heterocycles. The number of nitrogens with zero attached hydrogens (tertiary/aromatic N) is 4. The summed E-state index contributed by atoms with van der Waals surface area (Å²) < 4.78 is 8.65. The molecule has 0 fully saturated rings. The number of primary amides is 1. The lowest BCUT2D eigenvalue weighted by Gasteiger charge is -2.11. The summed E-state index contributed by atoms with van der Waals surface area (Å²) in [6, 6.07) is 19.5. The molecule has 11 heteroatoms. The number of nitrogen functional groups attached to an aromatic ring is 1. The third kappa shape index (κ3) is 4.40. The highest BCUT2D eigenvalue weighted by molar-refractivity contribution is 5.99. The monoisotopic (exact) mass is 482 g/mol. The fourth-order valence-electron chi connectivity index (χ4n) is 3.71. The normalized spacial score (nSPS) is 10.8. The van der Waals surface area contributed by atoms with Gasteiger partial charge in [0.05, 0.1) is 12.0 Å². The van der Waals surface area contributed by atoms with Gasteiger partial charge in [-0.15, -0.1) is 0 Å². The Hall–Kier alpha value is -5.32. The molecule has 0 saturated heterocycles. The predicted molar refractivity (Wildman–Crippen MR) is 135 cm³/mol. The molecule has 180 valence electrons. The van der Waals surface area contributed by atoms with Crippen molar-refractivity contribution < 1.29 is 14.0 Å². The smallest absolute Gasteiger partial charge is 0.324 e. The Labute approximate surface area is 205 Å². The van der Waals surface area contributed by atoms with Crippen LogP contribution in [0.4, 0.5) is 22.1 Å². The van der Waals surface area contributed by atoms with Crippen LogP contribution < -0.4 is 22.1 Å². The van der Waals surface area contributed by atoms with E-state index in [0.29, 0.717) is 28.6 Å². The minimum Gasteiger partial charge on any atom is -0.463 e. The Morgan fingerprint density at radius 2 is 1.78 bits per heavy atom. The van der Waals surface area contributed by atoms with Gasteiger partial charge >= 0.3 is 6.03 Å². The first-order chi connectivity index (χ1) is 17.4. The van der Waals surface area contributed by atoms with Crippen molar-refractivity contribution in [2.24, 2.45) is 5.73 Å². The van der Waals surface area contributed by atoms with Crippen LogP contribution in [0.2, 0.25) is 0 Å². The summed E-state index contributed by atoms with van der Waals surface area (Å²) in [7, 11) is 0. The summed E-state index contributed by atoms with van der Waals surface area (Å²) in [6.07, 6.45) is 2.98. The number of hydrogen-bond donors (Lipinski definition) is 4. The van der Waals surface area contributed by atoms with Gasteiger partial charge in [-0.2, -0.15) is 5.10 Å². The largest absolute Gasteiger partial charge is 0.463 e. The summed E-state index contributed by atoms with van der Waals surface area (Å²) in [5.41, 5.74) is 14.8. The fraction of sp³-hybridized carbons (Fsp3) is 0.0400. The molecule has 6 N–H and O–H groups in total. The number of carbonyl (C=O) groups excluding carboxylic acids is 2. The fourth-order valence-corrected chi connectivity index (χ4v) is 3.71. The number of aromatic nitrogens is 4. The zero-order chi connectivity index (χ0) is 25.2. The van der Waals surface area contributed by atoms with Crippen molar-refractivity contribution in [2.75, 3.05) is 16.4 Å². The van der Waals surface area contributed by atoms with Crippen LogP contribution >= 0.6 is 0 Å². The lowest BCUT2D eigenvalue weighted by Crippen LogP contribution is -2.21. The molecule has 5 aromatic rings. The molecule has 11 nitrogen and oxygen atoms in total. The van der Waals surface area contributed by atoms with Gasteiger partial charge in [-0.3, -0.25) is 14.7 Å². The van der Waals surface area contributed by atoms with E-state index in [-0.39, 0.29) is 11.5 Å². The highest BCUT2D eigenvalue weighted by atomic mass is 16.3. The maximum absolute atomic E-state index is 12.8. The van der Waals surface area contributed by atoms with E-state index in [1.54, 1.807) is 53.4 Å². The van der Waals surface area contributed by atoms with Gasteiger partial charge < -0.3 is 21.2 Å². The van der Waals surface area contributed by atoms with E-state index in [1.807, 2.05) is 31.2 Å². The van der Waals surface area contributed by atoms with Gasteiger partial charge in [0.2, 0.25) is 0 Å². The number of amides is 3. The van der Waals surface area contributed by atoms with E-state index in [2.05, 4.69) is 20.7 Å². The van der Waals surface area contributed by atoms with Gasteiger partial charge in [0.1, 0.15) is 23.7 Å². The molecule has 0 spiro atoms. The number of rotatable bonds is 6. The molecule has 0 radical (unpaired) electrons. The topological polar surface area (TPSA) is 159 Å². The minimum atomic E-state index is -0.707. The number of anilines is 3. The van der Waals surface area contributed by atoms with E-state index in [4.69, 9.17) is 15.9 Å². The summed E-state index contributed by atoms with van der Waals surface area (Å²) >= 11 is 0. The number of hydrogen-bond acceptors (Lipinski definition) is 6. The Balaban J connectivity index is 1.36. The van der Waals surface area contributed by atoms with E-state index in [1.165, 1.54) is 10.9 Å². The molecule has 0 atom stereocenters. The third-order valence-corrected chi connectivity index (χ3v) is 5.41. The summed E-state index contributed by atoms with van der Waals surface area (Å²) in [5, 5.41) is 10.3. The molecule has 5 rings (SSSR count). The first-order valence-corrected chi connectivity index (χ1v) is 10.9. The van der Waals surface area contributed by atoms with Gasteiger partial charge in [0, 0.05) is 17.4 Å². The van der Waals surface area contributed by atoms with Crippen LogP contribution in [0.3, 0.4) is 0 Å². The standard InChI is InChI=1S/C25H22N8O3/c1-15-4-2-5-18(12-15)33-21(13-19(31-33)20-6-3-11-36-20)30-25(35)29-16-7-9-17(10-8-16)32-14-28-22(23(32)26)24(27)34/h2-14H,26H2,1H3,(H2,27,34)(H2,29,30,35). The Morgan fingerprint density at radius 3 is 2.44 bits per heavy atom. The molecule has 0 unspecified atom stereocenters. The van der Waals surface area contributed by atoms with Crippen molar-refractivity contribution >= 4 is 29.3 Å². The lowest BCUT2D eigenvalue weighted by atomic mass is 10.2. The van der Waals surface area contributed by atoms with Crippen molar-refractivity contribution in [3.8, 4) is 22.8 Å². The number of nitrogens with one attached hydrogen (secondary N) is 2. The van der Waals surface area contributed by atoms with Crippen LogP contribution in [0.25, 0.3) is 22.8 Å². The second-order valence-electron chi connectivity index (χ2n) is 7.98. The summed E-state index contributed by atoms with van der Waals surface area (Å²) in [5.74, 6) is 0.476. The highest BCUT2D eigenvalue weighted by Gasteiger charge is 2.16. The molecular weight excluding hydrogens is 460 g/mol. The van der Waals surface area contributed by atoms with Crippen LogP contribution in [0.5, 0.6) is 0 Å². The molecule has 3 aromatic heterocycles. The van der Waals surface area contributed by atoms with Crippen LogP contribution in [0, 0.1) is 6.92 Å². The van der Waals surface area contributed by atoms with E-state index in [9.17, 15) is 9.59 Å². The van der Waals surface area contributed by atoms with E-state index < -0.39 is 11.9 Å². The van der Waals surface area contributed by atoms with Crippen LogP contribution in [0.15, 0.2) is 83.7 Å². The molecule has 0 aliphatic carbocycles. The zero-order valence-electron chi connectivity index (χ0n) is 19.2. The molecule has 2 aromatic carbocycles. The van der Waals surface area contributed by atoms with Crippen molar-refractivity contribution in [1.82, 2.24) is 19.3 Å². The van der Waals surface area contributed by atoms with E-state index >= 15 is 0 Å². The number of aryl methyl sites for hydroxylation is 1. The molecule has 0 aliphatic rings. The summed E-state index contributed by atoms with van der Waals surface area (Å²) in [4.78, 5) is 28.2. The second-order valence-corrected chi connectivity index (χ2v) is 7.98. The minimum absolute atomic E-state index is 0.00396. The van der Waals surface area contributed by atoms with Crippen LogP contribution in [0.1, 0.15) is 16.1 Å². The zero-order valence-corrected chi connectivity index (χ0v) is 19.2. The number of nitrogens with two attached hydrogens (primary N) is 2. The quantitative estimate of drug-likeness (QED) is 0.287. The molecule has 36 heavy (non-hydrogen) atoms. The maximum Gasteiger partial charge on any atom is 0.324 e. The first kappa shape index (κ1) is 22.5. The highest BCUT2D eigenvalue weighted by Crippen LogP contribution is 2.26. The van der Waals surface area contributed by atoms with Gasteiger partial charge in [-0.1, -0.05) is 12.1 Å². The van der Waals surface area contributed by atoms with Gasteiger partial charge in [-0.05, 0) is 61.0 Å². The first-order valence-electron chi connectivity index (χ1n) is 10.9. The Kier molecular flexibility index (Phi) is 5.71. The Morgan fingerprint density at radius 1 is 0.972 bits per heavy atom. The number of furan rings is 1. The van der Waals surface area contributed by atoms with Gasteiger partial charge in [-0.25, -0.2) is 14.5 Å². The molecule has 3 amide bonds. The van der Waals surface area contributed by atoms with Crippen molar-refractivity contribution in [3.05, 3.63) is 90.6 Å². The lowest BCUT2D eigenvalue weighted by molar-refractivity contribution is 0.0997. The number of benzene rings is 2. The van der Waals surface area contributed by atoms with Crippen molar-refractivity contribution in [2.45, 2.75) is 6.92 Å². The van der Waals surface area contributed by atoms with Gasteiger partial charge in [0.15, 0.2) is 11.5 Å². The van der Waals surface area contributed by atoms with Crippen LogP contribution in [-0.2, 0) is 0 Å². The van der Waals surface area contributed by atoms with Crippen molar-refractivity contribution in [1.29, 1.82) is 0 Å². The van der Waals surface area contributed by atoms with Crippen LogP contribution in [-0.4, -0.2) is 31.3 Å². The Bertz CT molecular complexity index is 1550. The SMILES string of the molecule is Cc1cccc(-n2nc(-c3ccco3)cc2NC(=O)Nc2ccc(-n3cnc(C(N)=O)c3N)cc2)c1.